The SMILES string of the molecule is Cc1nn(CC(=O)Nc2ccc(OC(F)F)cc2)c(=O)c2ccccc12. The lowest BCUT2D eigenvalue weighted by molar-refractivity contribution is -0.117. The maximum atomic E-state index is 12.4. The molecule has 3 rings (SSSR count). The summed E-state index contributed by atoms with van der Waals surface area (Å²) in [5.74, 6) is -0.474. The fourth-order valence-electron chi connectivity index (χ4n) is 2.57. The van der Waals surface area contributed by atoms with E-state index >= 15 is 0 Å². The number of nitrogens with zero attached hydrogens (tertiary/aromatic N) is 2. The van der Waals surface area contributed by atoms with Crippen molar-refractivity contribution in [3.63, 3.8) is 0 Å². The Hall–Kier alpha value is -3.29. The third kappa shape index (κ3) is 3.85. The van der Waals surface area contributed by atoms with Crippen LogP contribution < -0.4 is 15.6 Å². The third-order valence-electron chi connectivity index (χ3n) is 3.71. The van der Waals surface area contributed by atoms with Crippen molar-refractivity contribution < 1.29 is 18.3 Å². The first-order valence-corrected chi connectivity index (χ1v) is 7.75. The number of alkyl halides is 2. The molecule has 0 bridgehead atoms. The molecule has 26 heavy (non-hydrogen) atoms. The van der Waals surface area contributed by atoms with Gasteiger partial charge >= 0.3 is 6.61 Å². The summed E-state index contributed by atoms with van der Waals surface area (Å²) in [4.78, 5) is 24.6. The standard InChI is InChI=1S/C18H15F2N3O3/c1-11-14-4-2-3-5-15(14)17(25)23(22-11)10-16(24)21-12-6-8-13(9-7-12)26-18(19)20/h2-9,18H,10H2,1H3,(H,21,24). The van der Waals surface area contributed by atoms with Crippen molar-refractivity contribution in [2.75, 3.05) is 5.32 Å². The van der Waals surface area contributed by atoms with Crippen LogP contribution in [0.15, 0.2) is 53.3 Å². The minimum Gasteiger partial charge on any atom is -0.435 e. The Balaban J connectivity index is 1.75. The fourth-order valence-corrected chi connectivity index (χ4v) is 2.57. The Bertz CT molecular complexity index is 1000. The van der Waals surface area contributed by atoms with Crippen molar-refractivity contribution >= 4 is 22.4 Å². The molecule has 0 saturated heterocycles. The molecular formula is C18H15F2N3O3. The number of fused-ring (bicyclic) bond motifs is 1. The lowest BCUT2D eigenvalue weighted by Gasteiger charge is -2.10. The highest BCUT2D eigenvalue weighted by atomic mass is 19.3. The highest BCUT2D eigenvalue weighted by Gasteiger charge is 2.11. The minimum absolute atomic E-state index is 0.0129. The molecule has 0 saturated carbocycles. The van der Waals surface area contributed by atoms with Crippen LogP contribution >= 0.6 is 0 Å². The van der Waals surface area contributed by atoms with Crippen LogP contribution in [0.4, 0.5) is 14.5 Å². The van der Waals surface area contributed by atoms with Gasteiger partial charge in [0.15, 0.2) is 0 Å². The van der Waals surface area contributed by atoms with Gasteiger partial charge in [-0.15, -0.1) is 0 Å². The molecule has 1 amide bonds. The summed E-state index contributed by atoms with van der Waals surface area (Å²) in [6.07, 6.45) is 0. The van der Waals surface area contributed by atoms with Gasteiger partial charge < -0.3 is 10.1 Å². The Morgan fingerprint density at radius 3 is 2.46 bits per heavy atom. The second-order valence-corrected chi connectivity index (χ2v) is 5.54. The van der Waals surface area contributed by atoms with E-state index in [2.05, 4.69) is 15.2 Å². The van der Waals surface area contributed by atoms with Crippen LogP contribution in [0.2, 0.25) is 0 Å². The molecule has 0 radical (unpaired) electrons. The quantitative estimate of drug-likeness (QED) is 0.760. The van der Waals surface area contributed by atoms with Crippen LogP contribution in [0.3, 0.4) is 0 Å². The van der Waals surface area contributed by atoms with Crippen molar-refractivity contribution in [2.45, 2.75) is 20.1 Å². The molecule has 0 atom stereocenters. The average Bonchev–Trinajstić information content (AvgIpc) is 2.61. The maximum absolute atomic E-state index is 12.4. The number of hydrogen-bond donors (Lipinski definition) is 1. The molecule has 1 aromatic heterocycles. The summed E-state index contributed by atoms with van der Waals surface area (Å²) in [6, 6.07) is 12.5. The number of halogens is 2. The first-order chi connectivity index (χ1) is 12.4. The predicted molar refractivity (Wildman–Crippen MR) is 92.4 cm³/mol. The predicted octanol–water partition coefficient (Wildman–Crippen LogP) is 2.95. The monoisotopic (exact) mass is 359 g/mol. The number of aromatic nitrogens is 2. The lowest BCUT2D eigenvalue weighted by Crippen LogP contribution is -2.30. The molecular weight excluding hydrogens is 344 g/mol. The van der Waals surface area contributed by atoms with Crippen LogP contribution in [0.1, 0.15) is 5.69 Å². The Morgan fingerprint density at radius 2 is 1.81 bits per heavy atom. The summed E-state index contributed by atoms with van der Waals surface area (Å²) in [5.41, 5.74) is 0.672. The Labute approximate surface area is 147 Å². The second-order valence-electron chi connectivity index (χ2n) is 5.54. The number of aryl methyl sites for hydroxylation is 1. The van der Waals surface area contributed by atoms with Crippen LogP contribution in [0.5, 0.6) is 5.75 Å². The van der Waals surface area contributed by atoms with Gasteiger partial charge in [0, 0.05) is 11.1 Å². The normalized spacial score (nSPS) is 10.9. The second kappa shape index (κ2) is 7.30. The summed E-state index contributed by atoms with van der Waals surface area (Å²) >= 11 is 0. The number of nitrogens with one attached hydrogen (secondary N) is 1. The number of ether oxygens (including phenoxy) is 1. The van der Waals surface area contributed by atoms with E-state index in [1.54, 1.807) is 25.1 Å². The molecule has 3 aromatic rings. The summed E-state index contributed by atoms with van der Waals surface area (Å²) in [6.45, 7) is -1.41. The highest BCUT2D eigenvalue weighted by molar-refractivity contribution is 5.91. The number of benzene rings is 2. The molecule has 0 fully saturated rings. The van der Waals surface area contributed by atoms with Gasteiger partial charge in [0.05, 0.1) is 11.1 Å². The fraction of sp³-hybridized carbons (Fsp3) is 0.167. The van der Waals surface area contributed by atoms with Gasteiger partial charge in [-0.1, -0.05) is 18.2 Å². The zero-order valence-corrected chi connectivity index (χ0v) is 13.8. The molecule has 0 aliphatic rings. The topological polar surface area (TPSA) is 73.2 Å². The van der Waals surface area contributed by atoms with Crippen molar-refractivity contribution in [2.24, 2.45) is 0 Å². The highest BCUT2D eigenvalue weighted by Crippen LogP contribution is 2.17. The molecule has 0 spiro atoms. The molecule has 1 N–H and O–H groups in total. The van der Waals surface area contributed by atoms with Crippen molar-refractivity contribution in [3.05, 3.63) is 64.6 Å². The van der Waals surface area contributed by atoms with E-state index in [-0.39, 0.29) is 17.9 Å². The molecule has 134 valence electrons. The maximum Gasteiger partial charge on any atom is 0.387 e. The van der Waals surface area contributed by atoms with Gasteiger partial charge in [0.2, 0.25) is 5.91 Å². The van der Waals surface area contributed by atoms with E-state index in [1.165, 1.54) is 24.3 Å². The van der Waals surface area contributed by atoms with Crippen molar-refractivity contribution in [1.82, 2.24) is 9.78 Å². The first-order valence-electron chi connectivity index (χ1n) is 7.75. The summed E-state index contributed by atoms with van der Waals surface area (Å²) in [5, 5.41) is 7.98. The minimum atomic E-state index is -2.91. The number of amides is 1. The van der Waals surface area contributed by atoms with Gasteiger partial charge in [0.25, 0.3) is 5.56 Å². The van der Waals surface area contributed by atoms with E-state index in [0.717, 1.165) is 10.1 Å². The number of carbonyl (C=O) groups is 1. The van der Waals surface area contributed by atoms with E-state index in [9.17, 15) is 18.4 Å². The van der Waals surface area contributed by atoms with Gasteiger partial charge in [-0.25, -0.2) is 4.68 Å². The lowest BCUT2D eigenvalue weighted by atomic mass is 10.1. The van der Waals surface area contributed by atoms with E-state index in [4.69, 9.17) is 0 Å². The molecule has 0 aliphatic heterocycles. The van der Waals surface area contributed by atoms with Crippen molar-refractivity contribution in [1.29, 1.82) is 0 Å². The Morgan fingerprint density at radius 1 is 1.15 bits per heavy atom. The molecule has 8 heteroatoms. The van der Waals surface area contributed by atoms with Gasteiger partial charge in [-0.2, -0.15) is 13.9 Å². The van der Waals surface area contributed by atoms with Crippen LogP contribution in [0, 0.1) is 6.92 Å². The number of carbonyl (C=O) groups excluding carboxylic acids is 1. The molecule has 0 aliphatic carbocycles. The molecule has 0 unspecified atom stereocenters. The van der Waals surface area contributed by atoms with Crippen LogP contribution in [0.25, 0.3) is 10.8 Å². The van der Waals surface area contributed by atoms with E-state index < -0.39 is 12.5 Å². The van der Waals surface area contributed by atoms with Crippen molar-refractivity contribution in [3.8, 4) is 5.75 Å². The average molecular weight is 359 g/mol. The first kappa shape index (κ1) is 17.5. The van der Waals surface area contributed by atoms with Gasteiger partial charge in [-0.05, 0) is 37.3 Å². The Kier molecular flexibility index (Phi) is 4.92. The van der Waals surface area contributed by atoms with Gasteiger partial charge in [0.1, 0.15) is 12.3 Å². The van der Waals surface area contributed by atoms with E-state index in [1.807, 2.05) is 6.07 Å². The zero-order valence-electron chi connectivity index (χ0n) is 13.8. The smallest absolute Gasteiger partial charge is 0.387 e. The number of anilines is 1. The summed E-state index contributed by atoms with van der Waals surface area (Å²) < 4.78 is 29.6. The number of hydrogen-bond acceptors (Lipinski definition) is 4. The van der Waals surface area contributed by atoms with Gasteiger partial charge in [-0.3, -0.25) is 9.59 Å². The number of rotatable bonds is 5. The van der Waals surface area contributed by atoms with Crippen LogP contribution in [-0.2, 0) is 11.3 Å². The molecule has 1 heterocycles. The molecule has 2 aromatic carbocycles. The molecule has 6 nitrogen and oxygen atoms in total. The van der Waals surface area contributed by atoms with Crippen LogP contribution in [-0.4, -0.2) is 22.3 Å². The largest absolute Gasteiger partial charge is 0.435 e. The summed E-state index contributed by atoms with van der Waals surface area (Å²) in [7, 11) is 0. The van der Waals surface area contributed by atoms with E-state index in [0.29, 0.717) is 16.8 Å². The third-order valence-corrected chi connectivity index (χ3v) is 3.71. The zero-order chi connectivity index (χ0) is 18.7.